The Hall–Kier alpha value is -0.850. The molecule has 1 heterocycles. The van der Waals surface area contributed by atoms with Gasteiger partial charge in [0.15, 0.2) is 0 Å². The summed E-state index contributed by atoms with van der Waals surface area (Å²) < 4.78 is 0. The van der Waals surface area contributed by atoms with E-state index in [4.69, 9.17) is 0 Å². The highest BCUT2D eigenvalue weighted by atomic mass is 14.6. The first kappa shape index (κ1) is 10.2. The first-order valence-corrected chi connectivity index (χ1v) is 4.75. The molecule has 0 saturated carbocycles. The van der Waals surface area contributed by atoms with Crippen molar-refractivity contribution in [3.8, 4) is 0 Å². The van der Waals surface area contributed by atoms with E-state index in [1.165, 1.54) is 5.56 Å². The van der Waals surface area contributed by atoms with Crippen LogP contribution in [0.15, 0.2) is 24.5 Å². The van der Waals surface area contributed by atoms with Crippen molar-refractivity contribution < 1.29 is 0 Å². The summed E-state index contributed by atoms with van der Waals surface area (Å²) in [7, 11) is 0. The molecule has 71 valence electrons. The molecule has 0 aliphatic heterocycles. The molecule has 0 fully saturated rings. The number of nitrogens with zero attached hydrogens (tertiary/aromatic N) is 1. The second-order valence-electron chi connectivity index (χ2n) is 4.49. The lowest BCUT2D eigenvalue weighted by atomic mass is 9.75. The number of hydrogen-bond donors (Lipinski definition) is 0. The molecular weight excluding hydrogens is 158 g/mol. The minimum Gasteiger partial charge on any atom is -0.264 e. The van der Waals surface area contributed by atoms with Crippen LogP contribution in [0.25, 0.3) is 0 Å². The predicted octanol–water partition coefficient (Wildman–Crippen LogP) is 3.44. The van der Waals surface area contributed by atoms with E-state index in [0.717, 1.165) is 6.42 Å². The van der Waals surface area contributed by atoms with Crippen LogP contribution in [0.2, 0.25) is 0 Å². The average Bonchev–Trinajstić information content (AvgIpc) is 2.05. The van der Waals surface area contributed by atoms with Crippen molar-refractivity contribution in [2.45, 2.75) is 33.1 Å². The van der Waals surface area contributed by atoms with Gasteiger partial charge in [0.1, 0.15) is 0 Å². The maximum absolute atomic E-state index is 4.14. The van der Waals surface area contributed by atoms with Gasteiger partial charge in [-0.2, -0.15) is 0 Å². The van der Waals surface area contributed by atoms with Gasteiger partial charge in [0.05, 0.1) is 0 Å². The number of pyridine rings is 1. The van der Waals surface area contributed by atoms with Gasteiger partial charge in [-0.25, -0.2) is 0 Å². The number of hydrogen-bond acceptors (Lipinski definition) is 1. The molecule has 1 atom stereocenters. The molecule has 1 radical (unpaired) electrons. The van der Waals surface area contributed by atoms with Crippen LogP contribution in [0.1, 0.15) is 38.7 Å². The Morgan fingerprint density at radius 2 is 2.15 bits per heavy atom. The lowest BCUT2D eigenvalue weighted by Gasteiger charge is -2.29. The summed E-state index contributed by atoms with van der Waals surface area (Å²) >= 11 is 0. The zero-order valence-electron chi connectivity index (χ0n) is 8.75. The van der Waals surface area contributed by atoms with E-state index in [0.29, 0.717) is 5.92 Å². The quantitative estimate of drug-likeness (QED) is 0.672. The van der Waals surface area contributed by atoms with E-state index in [2.05, 4.69) is 38.7 Å². The Balaban J connectivity index is 2.92. The summed E-state index contributed by atoms with van der Waals surface area (Å²) in [5.74, 6) is 0.501. The molecular formula is C12H18N. The van der Waals surface area contributed by atoms with E-state index in [1.54, 1.807) is 0 Å². The smallest absolute Gasteiger partial charge is 0.0302 e. The fourth-order valence-electron chi connectivity index (χ4n) is 1.68. The Labute approximate surface area is 81.2 Å². The highest BCUT2D eigenvalue weighted by Gasteiger charge is 2.24. The molecule has 1 nitrogen and oxygen atoms in total. The molecule has 1 rings (SSSR count). The fourth-order valence-corrected chi connectivity index (χ4v) is 1.68. The summed E-state index contributed by atoms with van der Waals surface area (Å²) in [5, 5.41) is 0. The molecule has 1 unspecified atom stereocenters. The second kappa shape index (κ2) is 3.91. The fraction of sp³-hybridized carbons (Fsp3) is 0.500. The Bertz CT molecular complexity index is 246. The topological polar surface area (TPSA) is 12.9 Å². The van der Waals surface area contributed by atoms with Gasteiger partial charge in [0.25, 0.3) is 0 Å². The molecule has 0 amide bonds. The Morgan fingerprint density at radius 3 is 2.54 bits per heavy atom. The van der Waals surface area contributed by atoms with Crippen molar-refractivity contribution >= 4 is 0 Å². The molecule has 13 heavy (non-hydrogen) atoms. The van der Waals surface area contributed by atoms with Gasteiger partial charge in [-0.05, 0) is 29.4 Å². The molecule has 1 aromatic rings. The zero-order valence-corrected chi connectivity index (χ0v) is 8.75. The van der Waals surface area contributed by atoms with E-state index in [-0.39, 0.29) is 5.41 Å². The van der Waals surface area contributed by atoms with Gasteiger partial charge in [0, 0.05) is 12.4 Å². The average molecular weight is 176 g/mol. The van der Waals surface area contributed by atoms with Crippen molar-refractivity contribution in [1.82, 2.24) is 4.98 Å². The summed E-state index contributed by atoms with van der Waals surface area (Å²) in [4.78, 5) is 4.14. The predicted molar refractivity (Wildman–Crippen MR) is 56.4 cm³/mol. The summed E-state index contributed by atoms with van der Waals surface area (Å²) in [6.07, 6.45) is 4.68. The monoisotopic (exact) mass is 176 g/mol. The first-order valence-electron chi connectivity index (χ1n) is 4.75. The lowest BCUT2D eigenvalue weighted by Crippen LogP contribution is -2.17. The summed E-state index contributed by atoms with van der Waals surface area (Å²) in [6.45, 7) is 10.7. The van der Waals surface area contributed by atoms with Crippen molar-refractivity contribution in [2.24, 2.45) is 5.41 Å². The van der Waals surface area contributed by atoms with Crippen LogP contribution in [-0.4, -0.2) is 4.98 Å². The maximum Gasteiger partial charge on any atom is 0.0302 e. The molecule has 0 saturated heterocycles. The molecule has 1 aromatic heterocycles. The van der Waals surface area contributed by atoms with Crippen molar-refractivity contribution in [2.75, 3.05) is 0 Å². The zero-order chi connectivity index (χ0) is 9.90. The molecule has 0 aromatic carbocycles. The molecule has 0 aliphatic carbocycles. The van der Waals surface area contributed by atoms with E-state index >= 15 is 0 Å². The minimum absolute atomic E-state index is 0.269. The van der Waals surface area contributed by atoms with Crippen LogP contribution in [-0.2, 0) is 0 Å². The van der Waals surface area contributed by atoms with Crippen LogP contribution in [0.3, 0.4) is 0 Å². The Kier molecular flexibility index (Phi) is 3.07. The van der Waals surface area contributed by atoms with E-state index in [9.17, 15) is 0 Å². The molecule has 0 N–H and O–H groups in total. The van der Waals surface area contributed by atoms with Crippen LogP contribution in [0.5, 0.6) is 0 Å². The van der Waals surface area contributed by atoms with Crippen LogP contribution in [0.4, 0.5) is 0 Å². The van der Waals surface area contributed by atoms with Crippen LogP contribution < -0.4 is 0 Å². The Morgan fingerprint density at radius 1 is 1.46 bits per heavy atom. The number of rotatable bonds is 2. The molecule has 0 bridgehead atoms. The largest absolute Gasteiger partial charge is 0.264 e. The normalized spacial score (nSPS) is 14.2. The summed E-state index contributed by atoms with van der Waals surface area (Å²) in [6, 6.07) is 4.12. The SMILES string of the molecule is [CH2]CC(c1cccnc1)C(C)(C)C. The minimum atomic E-state index is 0.269. The highest BCUT2D eigenvalue weighted by molar-refractivity contribution is 5.17. The summed E-state index contributed by atoms with van der Waals surface area (Å²) in [5.41, 5.74) is 1.56. The molecule has 1 heteroatoms. The third-order valence-electron chi connectivity index (χ3n) is 2.42. The molecule has 0 spiro atoms. The van der Waals surface area contributed by atoms with Gasteiger partial charge < -0.3 is 0 Å². The van der Waals surface area contributed by atoms with Crippen molar-refractivity contribution in [3.63, 3.8) is 0 Å². The standard InChI is InChI=1S/C12H18N/c1-5-11(12(2,3)4)10-7-6-8-13-9-10/h6-9,11H,1,5H2,2-4H3. The van der Waals surface area contributed by atoms with Crippen LogP contribution in [0, 0.1) is 12.3 Å². The first-order chi connectivity index (χ1) is 6.05. The van der Waals surface area contributed by atoms with Gasteiger partial charge in [-0.1, -0.05) is 33.8 Å². The lowest BCUT2D eigenvalue weighted by molar-refractivity contribution is 0.320. The highest BCUT2D eigenvalue weighted by Crippen LogP contribution is 2.36. The van der Waals surface area contributed by atoms with Crippen molar-refractivity contribution in [3.05, 3.63) is 37.0 Å². The third-order valence-corrected chi connectivity index (χ3v) is 2.42. The van der Waals surface area contributed by atoms with E-state index in [1.807, 2.05) is 18.5 Å². The van der Waals surface area contributed by atoms with Crippen molar-refractivity contribution in [1.29, 1.82) is 0 Å². The van der Waals surface area contributed by atoms with E-state index < -0.39 is 0 Å². The van der Waals surface area contributed by atoms with Gasteiger partial charge in [-0.15, -0.1) is 0 Å². The molecule has 0 aliphatic rings. The number of aromatic nitrogens is 1. The van der Waals surface area contributed by atoms with Gasteiger partial charge in [-0.3, -0.25) is 4.98 Å². The van der Waals surface area contributed by atoms with Gasteiger partial charge >= 0.3 is 0 Å². The van der Waals surface area contributed by atoms with Gasteiger partial charge in [0.2, 0.25) is 0 Å². The maximum atomic E-state index is 4.14. The van der Waals surface area contributed by atoms with Crippen LogP contribution >= 0.6 is 0 Å². The second-order valence-corrected chi connectivity index (χ2v) is 4.49. The third kappa shape index (κ3) is 2.55.